The Morgan fingerprint density at radius 2 is 1.92 bits per heavy atom. The van der Waals surface area contributed by atoms with E-state index in [4.69, 9.17) is 10.5 Å². The quantitative estimate of drug-likeness (QED) is 0.806. The van der Waals surface area contributed by atoms with Crippen molar-refractivity contribution in [3.8, 4) is 0 Å². The van der Waals surface area contributed by atoms with E-state index in [2.05, 4.69) is 0 Å². The van der Waals surface area contributed by atoms with Gasteiger partial charge in [-0.15, -0.1) is 0 Å². The van der Waals surface area contributed by atoms with Crippen molar-refractivity contribution in [2.24, 2.45) is 17.1 Å². The molecule has 148 valence electrons. The lowest BCUT2D eigenvalue weighted by Crippen LogP contribution is -2.76. The summed E-state index contributed by atoms with van der Waals surface area (Å²) in [4.78, 5) is 29.1. The van der Waals surface area contributed by atoms with E-state index in [0.29, 0.717) is 31.3 Å². The molecule has 26 heavy (non-hydrogen) atoms. The van der Waals surface area contributed by atoms with E-state index in [1.54, 1.807) is 0 Å². The summed E-state index contributed by atoms with van der Waals surface area (Å²) in [6, 6.07) is 0. The van der Waals surface area contributed by atoms with Crippen LogP contribution in [0.1, 0.15) is 59.3 Å². The maximum Gasteiger partial charge on any atom is 0.243 e. The third kappa shape index (κ3) is 3.38. The summed E-state index contributed by atoms with van der Waals surface area (Å²) in [5.74, 6) is 0.875. The fraction of sp³-hybridized carbons (Fsp3) is 0.900. The highest BCUT2D eigenvalue weighted by Crippen LogP contribution is 2.50. The molecule has 3 aliphatic rings. The smallest absolute Gasteiger partial charge is 0.243 e. The van der Waals surface area contributed by atoms with Gasteiger partial charge in [0, 0.05) is 51.0 Å². The van der Waals surface area contributed by atoms with Crippen molar-refractivity contribution in [3.05, 3.63) is 0 Å². The molecule has 2 unspecified atom stereocenters. The summed E-state index contributed by atoms with van der Waals surface area (Å²) in [5.41, 5.74) is 5.40. The van der Waals surface area contributed by atoms with Crippen LogP contribution in [-0.2, 0) is 14.3 Å². The van der Waals surface area contributed by atoms with Gasteiger partial charge >= 0.3 is 0 Å². The SMILES string of the molecule is CCOC1CC(N)(C(=O)N2CCC(CN3CCCCC3=O)CC2)C1(C)C. The molecule has 1 aliphatic carbocycles. The second-order valence-corrected chi connectivity index (χ2v) is 8.87. The van der Waals surface area contributed by atoms with Crippen LogP contribution < -0.4 is 5.73 Å². The Balaban J connectivity index is 1.52. The third-order valence-corrected chi connectivity index (χ3v) is 7.01. The van der Waals surface area contributed by atoms with Crippen LogP contribution in [0.2, 0.25) is 0 Å². The Morgan fingerprint density at radius 3 is 2.50 bits per heavy atom. The maximum absolute atomic E-state index is 13.1. The molecule has 6 nitrogen and oxygen atoms in total. The number of nitrogens with two attached hydrogens (primary N) is 1. The summed E-state index contributed by atoms with van der Waals surface area (Å²) >= 11 is 0. The Kier molecular flexibility index (Phi) is 5.63. The number of hydrogen-bond donors (Lipinski definition) is 1. The number of amides is 2. The summed E-state index contributed by atoms with van der Waals surface area (Å²) < 4.78 is 5.75. The lowest BCUT2D eigenvalue weighted by molar-refractivity contribution is -0.180. The number of carbonyl (C=O) groups excluding carboxylic acids is 2. The van der Waals surface area contributed by atoms with Crippen LogP contribution in [0.15, 0.2) is 0 Å². The normalized spacial score (nSPS) is 32.5. The molecule has 0 bridgehead atoms. The monoisotopic (exact) mass is 365 g/mol. The number of carbonyl (C=O) groups is 2. The molecular weight excluding hydrogens is 330 g/mol. The molecule has 2 saturated heterocycles. The van der Waals surface area contributed by atoms with E-state index < -0.39 is 5.54 Å². The zero-order valence-corrected chi connectivity index (χ0v) is 16.6. The first-order valence-electron chi connectivity index (χ1n) is 10.3. The lowest BCUT2D eigenvalue weighted by Gasteiger charge is -2.59. The van der Waals surface area contributed by atoms with Gasteiger partial charge in [0.05, 0.1) is 6.10 Å². The number of nitrogens with zero attached hydrogens (tertiary/aromatic N) is 2. The molecule has 3 rings (SSSR count). The zero-order valence-electron chi connectivity index (χ0n) is 16.6. The van der Waals surface area contributed by atoms with E-state index >= 15 is 0 Å². The fourth-order valence-corrected chi connectivity index (χ4v) is 4.77. The second-order valence-electron chi connectivity index (χ2n) is 8.87. The minimum absolute atomic E-state index is 0.0594. The molecule has 1 saturated carbocycles. The van der Waals surface area contributed by atoms with Crippen LogP contribution in [0.25, 0.3) is 0 Å². The van der Waals surface area contributed by atoms with Gasteiger partial charge in [-0.05, 0) is 38.5 Å². The summed E-state index contributed by atoms with van der Waals surface area (Å²) in [5, 5.41) is 0. The van der Waals surface area contributed by atoms with Gasteiger partial charge < -0.3 is 20.3 Å². The molecule has 2 aliphatic heterocycles. The largest absolute Gasteiger partial charge is 0.378 e. The number of hydrogen-bond acceptors (Lipinski definition) is 4. The van der Waals surface area contributed by atoms with Crippen LogP contribution in [0.3, 0.4) is 0 Å². The molecule has 0 aromatic carbocycles. The Hall–Kier alpha value is -1.14. The number of likely N-dealkylation sites (tertiary alicyclic amines) is 2. The maximum atomic E-state index is 13.1. The van der Waals surface area contributed by atoms with Gasteiger partial charge in [0.2, 0.25) is 11.8 Å². The molecule has 3 fully saturated rings. The number of piperidine rings is 2. The van der Waals surface area contributed by atoms with Crippen LogP contribution in [0.5, 0.6) is 0 Å². The van der Waals surface area contributed by atoms with E-state index in [1.807, 2.05) is 30.6 Å². The van der Waals surface area contributed by atoms with Crippen molar-refractivity contribution in [1.82, 2.24) is 9.80 Å². The number of ether oxygens (including phenoxy) is 1. The standard InChI is InChI=1S/C20H35N3O3/c1-4-26-16-13-20(21,19(16,2)3)18(25)22-11-8-15(9-12-22)14-23-10-6-5-7-17(23)24/h15-16H,4-14,21H2,1-3H3. The Labute approximate surface area is 157 Å². The summed E-state index contributed by atoms with van der Waals surface area (Å²) in [6.07, 6.45) is 5.43. The molecule has 0 radical (unpaired) electrons. The predicted octanol–water partition coefficient (Wildman–Crippen LogP) is 1.77. The van der Waals surface area contributed by atoms with Crippen LogP contribution in [0.4, 0.5) is 0 Å². The minimum atomic E-state index is -0.817. The summed E-state index contributed by atoms with van der Waals surface area (Å²) in [7, 11) is 0. The molecule has 2 N–H and O–H groups in total. The van der Waals surface area contributed by atoms with Gasteiger partial charge in [0.15, 0.2) is 0 Å². The van der Waals surface area contributed by atoms with Crippen molar-refractivity contribution in [2.45, 2.75) is 70.9 Å². The Bertz CT molecular complexity index is 542. The summed E-state index contributed by atoms with van der Waals surface area (Å²) in [6.45, 7) is 9.97. The molecule has 2 amide bonds. The molecule has 0 aromatic rings. The van der Waals surface area contributed by atoms with Crippen molar-refractivity contribution in [2.75, 3.05) is 32.8 Å². The van der Waals surface area contributed by atoms with E-state index in [-0.39, 0.29) is 17.4 Å². The molecule has 0 aromatic heterocycles. The molecule has 2 heterocycles. The van der Waals surface area contributed by atoms with Gasteiger partial charge in [0.25, 0.3) is 0 Å². The average Bonchev–Trinajstić information content (AvgIpc) is 2.63. The van der Waals surface area contributed by atoms with Gasteiger partial charge in [-0.3, -0.25) is 9.59 Å². The highest BCUT2D eigenvalue weighted by Gasteiger charge is 2.63. The predicted molar refractivity (Wildman–Crippen MR) is 100 cm³/mol. The molecule has 0 spiro atoms. The van der Waals surface area contributed by atoms with E-state index in [1.165, 1.54) is 0 Å². The van der Waals surface area contributed by atoms with Crippen LogP contribution in [0, 0.1) is 11.3 Å². The van der Waals surface area contributed by atoms with E-state index in [9.17, 15) is 9.59 Å². The minimum Gasteiger partial charge on any atom is -0.378 e. The number of rotatable bonds is 5. The molecule has 6 heteroatoms. The van der Waals surface area contributed by atoms with Gasteiger partial charge in [-0.25, -0.2) is 0 Å². The topological polar surface area (TPSA) is 75.9 Å². The molecule has 2 atom stereocenters. The first-order valence-corrected chi connectivity index (χ1v) is 10.3. The van der Waals surface area contributed by atoms with Crippen molar-refractivity contribution in [1.29, 1.82) is 0 Å². The second kappa shape index (κ2) is 7.47. The van der Waals surface area contributed by atoms with Crippen molar-refractivity contribution < 1.29 is 14.3 Å². The van der Waals surface area contributed by atoms with Crippen LogP contribution >= 0.6 is 0 Å². The van der Waals surface area contributed by atoms with Gasteiger partial charge in [-0.2, -0.15) is 0 Å². The highest BCUT2D eigenvalue weighted by molar-refractivity contribution is 5.89. The first-order chi connectivity index (χ1) is 12.3. The van der Waals surface area contributed by atoms with Crippen molar-refractivity contribution >= 4 is 11.8 Å². The lowest BCUT2D eigenvalue weighted by atomic mass is 9.54. The first kappa shape index (κ1) is 19.6. The third-order valence-electron chi connectivity index (χ3n) is 7.01. The van der Waals surface area contributed by atoms with Crippen LogP contribution in [-0.4, -0.2) is 66.0 Å². The van der Waals surface area contributed by atoms with Gasteiger partial charge in [-0.1, -0.05) is 13.8 Å². The van der Waals surface area contributed by atoms with Gasteiger partial charge in [0.1, 0.15) is 5.54 Å². The Morgan fingerprint density at radius 1 is 1.23 bits per heavy atom. The highest BCUT2D eigenvalue weighted by atomic mass is 16.5. The average molecular weight is 366 g/mol. The van der Waals surface area contributed by atoms with Crippen molar-refractivity contribution in [3.63, 3.8) is 0 Å². The fourth-order valence-electron chi connectivity index (χ4n) is 4.77. The zero-order chi connectivity index (χ0) is 18.9. The van der Waals surface area contributed by atoms with E-state index in [0.717, 1.165) is 51.9 Å². The molecular formula is C20H35N3O3.